The van der Waals surface area contributed by atoms with Gasteiger partial charge in [-0.1, -0.05) is 0 Å². The Labute approximate surface area is 112 Å². The summed E-state index contributed by atoms with van der Waals surface area (Å²) in [7, 11) is 1.52. The number of carbonyl (C=O) groups is 2. The van der Waals surface area contributed by atoms with Crippen LogP contribution in [0, 0.1) is 0 Å². The molecule has 0 saturated carbocycles. The highest BCUT2D eigenvalue weighted by Crippen LogP contribution is 2.22. The third-order valence-corrected chi connectivity index (χ3v) is 3.19. The largest absolute Gasteiger partial charge is 0.496 e. The summed E-state index contributed by atoms with van der Waals surface area (Å²) < 4.78 is 4.98. The molecule has 0 aromatic carbocycles. The zero-order chi connectivity index (χ0) is 13.8. The van der Waals surface area contributed by atoms with Crippen molar-refractivity contribution in [2.45, 2.75) is 0 Å². The molecule has 0 fully saturated rings. The fourth-order valence-electron chi connectivity index (χ4n) is 1.35. The normalized spacial score (nSPS) is 9.95. The first kappa shape index (κ1) is 13.0. The number of ether oxygens (including phenoxy) is 1. The predicted octanol–water partition coefficient (Wildman–Crippen LogP) is 2.10. The molecule has 0 aliphatic carbocycles. The Morgan fingerprint density at radius 1 is 1.42 bits per heavy atom. The molecular formula is C12H10N2O4S. The number of anilines is 1. The predicted molar refractivity (Wildman–Crippen MR) is 70.0 cm³/mol. The van der Waals surface area contributed by atoms with Gasteiger partial charge < -0.3 is 15.2 Å². The van der Waals surface area contributed by atoms with Crippen molar-refractivity contribution in [1.82, 2.24) is 4.98 Å². The maximum absolute atomic E-state index is 11.9. The molecule has 6 nitrogen and oxygen atoms in total. The topological polar surface area (TPSA) is 88.5 Å². The van der Waals surface area contributed by atoms with E-state index in [0.29, 0.717) is 10.6 Å². The molecule has 0 spiro atoms. The molecule has 0 atom stereocenters. The lowest BCUT2D eigenvalue weighted by Crippen LogP contribution is -2.12. The van der Waals surface area contributed by atoms with E-state index in [2.05, 4.69) is 10.3 Å². The van der Waals surface area contributed by atoms with Gasteiger partial charge >= 0.3 is 5.97 Å². The van der Waals surface area contributed by atoms with E-state index >= 15 is 0 Å². The number of aromatic nitrogens is 1. The van der Waals surface area contributed by atoms with Crippen molar-refractivity contribution in [1.29, 1.82) is 0 Å². The number of methoxy groups -OCH3 is 1. The van der Waals surface area contributed by atoms with Gasteiger partial charge in [-0.2, -0.15) is 0 Å². The Hall–Kier alpha value is -2.41. The molecule has 2 heterocycles. The van der Waals surface area contributed by atoms with Crippen molar-refractivity contribution in [2.24, 2.45) is 0 Å². The van der Waals surface area contributed by atoms with Crippen LogP contribution in [-0.4, -0.2) is 29.1 Å². The summed E-state index contributed by atoms with van der Waals surface area (Å²) in [5.41, 5.74) is 0.0639. The third kappa shape index (κ3) is 3.08. The Morgan fingerprint density at radius 2 is 2.21 bits per heavy atom. The zero-order valence-corrected chi connectivity index (χ0v) is 10.7. The van der Waals surface area contributed by atoms with Gasteiger partial charge in [0.05, 0.1) is 17.6 Å². The molecule has 0 bridgehead atoms. The van der Waals surface area contributed by atoms with E-state index < -0.39 is 5.97 Å². The van der Waals surface area contributed by atoms with Crippen LogP contribution in [-0.2, 0) is 0 Å². The first-order valence-corrected chi connectivity index (χ1v) is 6.11. The minimum absolute atomic E-state index is 0.0639. The Bertz CT molecular complexity index is 624. The summed E-state index contributed by atoms with van der Waals surface area (Å²) >= 11 is 1.23. The molecule has 1 amide bonds. The van der Waals surface area contributed by atoms with E-state index in [1.807, 2.05) is 0 Å². The summed E-state index contributed by atoms with van der Waals surface area (Å²) in [6.07, 6.45) is 1.33. The third-order valence-electron chi connectivity index (χ3n) is 2.28. The van der Waals surface area contributed by atoms with Crippen LogP contribution in [0.1, 0.15) is 20.0 Å². The van der Waals surface area contributed by atoms with Crippen LogP contribution in [0.3, 0.4) is 0 Å². The molecule has 0 aliphatic heterocycles. The SMILES string of the molecule is COc1csc(C(=O)Nc2cc(C(=O)O)ccn2)c1. The van der Waals surface area contributed by atoms with E-state index in [4.69, 9.17) is 9.84 Å². The number of pyridine rings is 1. The van der Waals surface area contributed by atoms with Crippen molar-refractivity contribution >= 4 is 29.0 Å². The molecule has 0 aliphatic rings. The van der Waals surface area contributed by atoms with Gasteiger partial charge in [-0.25, -0.2) is 9.78 Å². The van der Waals surface area contributed by atoms with Crippen molar-refractivity contribution < 1.29 is 19.4 Å². The van der Waals surface area contributed by atoms with Gasteiger partial charge in [0.2, 0.25) is 0 Å². The fraction of sp³-hybridized carbons (Fsp3) is 0.0833. The van der Waals surface area contributed by atoms with E-state index in [-0.39, 0.29) is 17.3 Å². The molecule has 2 N–H and O–H groups in total. The second-order valence-corrected chi connectivity index (χ2v) is 4.45. The Balaban J connectivity index is 2.14. The number of thiophene rings is 1. The van der Waals surface area contributed by atoms with E-state index in [1.54, 1.807) is 11.4 Å². The van der Waals surface area contributed by atoms with E-state index in [0.717, 1.165) is 0 Å². The summed E-state index contributed by atoms with van der Waals surface area (Å²) in [5, 5.41) is 13.1. The van der Waals surface area contributed by atoms with Gasteiger partial charge in [-0.3, -0.25) is 4.79 Å². The van der Waals surface area contributed by atoms with Crippen LogP contribution in [0.25, 0.3) is 0 Å². The highest BCUT2D eigenvalue weighted by Gasteiger charge is 2.11. The molecule has 0 saturated heterocycles. The van der Waals surface area contributed by atoms with Gasteiger partial charge in [0, 0.05) is 17.6 Å². The second kappa shape index (κ2) is 5.49. The van der Waals surface area contributed by atoms with Gasteiger partial charge in [-0.15, -0.1) is 11.3 Å². The number of amides is 1. The summed E-state index contributed by atoms with van der Waals surface area (Å²) in [6.45, 7) is 0. The number of carboxylic acids is 1. The number of carboxylic acid groups (broad SMARTS) is 1. The smallest absolute Gasteiger partial charge is 0.335 e. The van der Waals surface area contributed by atoms with Crippen LogP contribution in [0.4, 0.5) is 5.82 Å². The monoisotopic (exact) mass is 278 g/mol. The average Bonchev–Trinajstić information content (AvgIpc) is 2.88. The number of nitrogens with one attached hydrogen (secondary N) is 1. The molecular weight excluding hydrogens is 268 g/mol. The van der Waals surface area contributed by atoms with Gasteiger partial charge in [0.25, 0.3) is 5.91 Å². The number of carbonyl (C=O) groups excluding carboxylic acids is 1. The lowest BCUT2D eigenvalue weighted by Gasteiger charge is -2.03. The molecule has 0 radical (unpaired) electrons. The van der Waals surface area contributed by atoms with Gasteiger partial charge in [0.15, 0.2) is 0 Å². The number of hydrogen-bond donors (Lipinski definition) is 2. The summed E-state index contributed by atoms with van der Waals surface area (Å²) in [4.78, 5) is 27.0. The standard InChI is InChI=1S/C12H10N2O4S/c1-18-8-5-9(19-6-8)11(15)14-10-4-7(12(16)17)2-3-13-10/h2-6H,1H3,(H,16,17)(H,13,14,15). The second-order valence-electron chi connectivity index (χ2n) is 3.54. The quantitative estimate of drug-likeness (QED) is 0.894. The minimum atomic E-state index is -1.07. The van der Waals surface area contributed by atoms with Crippen LogP contribution >= 0.6 is 11.3 Å². The van der Waals surface area contributed by atoms with Crippen LogP contribution in [0.15, 0.2) is 29.8 Å². The highest BCUT2D eigenvalue weighted by atomic mass is 32.1. The summed E-state index contributed by atoms with van der Waals surface area (Å²) in [6, 6.07) is 4.25. The highest BCUT2D eigenvalue weighted by molar-refractivity contribution is 7.12. The van der Waals surface area contributed by atoms with Crippen LogP contribution in [0.5, 0.6) is 5.75 Å². The number of hydrogen-bond acceptors (Lipinski definition) is 5. The number of aromatic carboxylic acids is 1. The minimum Gasteiger partial charge on any atom is -0.496 e. The van der Waals surface area contributed by atoms with Gasteiger partial charge in [0.1, 0.15) is 11.6 Å². The molecule has 0 unspecified atom stereocenters. The van der Waals surface area contributed by atoms with E-state index in [1.165, 1.54) is 36.8 Å². The Morgan fingerprint density at radius 3 is 2.84 bits per heavy atom. The number of rotatable bonds is 4. The fourth-order valence-corrected chi connectivity index (χ4v) is 2.10. The van der Waals surface area contributed by atoms with Crippen molar-refractivity contribution in [3.8, 4) is 5.75 Å². The van der Waals surface area contributed by atoms with Crippen molar-refractivity contribution in [3.05, 3.63) is 40.2 Å². The molecule has 7 heteroatoms. The molecule has 98 valence electrons. The maximum Gasteiger partial charge on any atom is 0.335 e. The molecule has 2 aromatic rings. The van der Waals surface area contributed by atoms with E-state index in [9.17, 15) is 9.59 Å². The Kier molecular flexibility index (Phi) is 3.76. The van der Waals surface area contributed by atoms with Crippen molar-refractivity contribution in [3.63, 3.8) is 0 Å². The molecule has 2 aromatic heterocycles. The average molecular weight is 278 g/mol. The maximum atomic E-state index is 11.9. The lowest BCUT2D eigenvalue weighted by molar-refractivity contribution is 0.0696. The first-order valence-electron chi connectivity index (χ1n) is 5.23. The molecule has 19 heavy (non-hydrogen) atoms. The van der Waals surface area contributed by atoms with Crippen LogP contribution < -0.4 is 10.1 Å². The van der Waals surface area contributed by atoms with Crippen molar-refractivity contribution in [2.75, 3.05) is 12.4 Å². The first-order chi connectivity index (χ1) is 9.10. The number of nitrogens with zero attached hydrogens (tertiary/aromatic N) is 1. The van der Waals surface area contributed by atoms with Gasteiger partial charge in [-0.05, 0) is 12.1 Å². The van der Waals surface area contributed by atoms with Crippen LogP contribution in [0.2, 0.25) is 0 Å². The lowest BCUT2D eigenvalue weighted by atomic mass is 10.2. The molecule has 2 rings (SSSR count). The zero-order valence-electron chi connectivity index (χ0n) is 9.91. The summed E-state index contributed by atoms with van der Waals surface area (Å²) in [5.74, 6) is -0.640.